The van der Waals surface area contributed by atoms with Crippen LogP contribution in [0, 0.1) is 0 Å². The molecule has 1 aromatic carbocycles. The molecule has 0 bridgehead atoms. The van der Waals surface area contributed by atoms with Gasteiger partial charge in [0.1, 0.15) is 17.1 Å². The third kappa shape index (κ3) is 1.91. The molecule has 90 valence electrons. The van der Waals surface area contributed by atoms with Crippen molar-refractivity contribution in [3.05, 3.63) is 28.6 Å². The summed E-state index contributed by atoms with van der Waals surface area (Å²) >= 11 is 0. The zero-order valence-electron chi connectivity index (χ0n) is 9.77. The SMILES string of the molecule is COc1cc(OC)c2cc(OC)c(=O)oc2c1. The molecule has 0 saturated carbocycles. The number of hydrogen-bond donors (Lipinski definition) is 0. The maximum atomic E-state index is 11.5. The summed E-state index contributed by atoms with van der Waals surface area (Å²) in [6.07, 6.45) is 0. The number of hydrogen-bond acceptors (Lipinski definition) is 5. The van der Waals surface area contributed by atoms with Crippen LogP contribution in [-0.2, 0) is 0 Å². The van der Waals surface area contributed by atoms with Gasteiger partial charge in [0.2, 0.25) is 5.75 Å². The molecule has 0 N–H and O–H groups in total. The minimum atomic E-state index is -0.532. The largest absolute Gasteiger partial charge is 0.496 e. The molecule has 17 heavy (non-hydrogen) atoms. The van der Waals surface area contributed by atoms with Crippen molar-refractivity contribution in [2.24, 2.45) is 0 Å². The predicted octanol–water partition coefficient (Wildman–Crippen LogP) is 1.82. The Bertz CT molecular complexity index is 600. The fourth-order valence-electron chi connectivity index (χ4n) is 1.57. The molecule has 0 aliphatic carbocycles. The summed E-state index contributed by atoms with van der Waals surface area (Å²) in [6, 6.07) is 4.92. The average molecular weight is 236 g/mol. The monoisotopic (exact) mass is 236 g/mol. The Morgan fingerprint density at radius 3 is 2.24 bits per heavy atom. The van der Waals surface area contributed by atoms with Gasteiger partial charge in [-0.05, 0) is 0 Å². The number of methoxy groups -OCH3 is 3. The summed E-state index contributed by atoms with van der Waals surface area (Å²) < 4.78 is 20.3. The van der Waals surface area contributed by atoms with Crippen LogP contribution in [-0.4, -0.2) is 21.3 Å². The van der Waals surface area contributed by atoms with Crippen LogP contribution in [0.3, 0.4) is 0 Å². The molecule has 2 aromatic rings. The van der Waals surface area contributed by atoms with E-state index >= 15 is 0 Å². The van der Waals surface area contributed by atoms with Gasteiger partial charge < -0.3 is 18.6 Å². The Morgan fingerprint density at radius 1 is 0.941 bits per heavy atom. The average Bonchev–Trinajstić information content (AvgIpc) is 2.36. The Morgan fingerprint density at radius 2 is 1.65 bits per heavy atom. The Labute approximate surface area is 97.5 Å². The standard InChI is InChI=1S/C12H12O5/c1-14-7-4-9(15-2)8-6-11(16-3)12(13)17-10(8)5-7/h4-6H,1-3H3. The van der Waals surface area contributed by atoms with Crippen LogP contribution in [0.15, 0.2) is 27.4 Å². The normalized spacial score (nSPS) is 10.3. The van der Waals surface area contributed by atoms with Crippen LogP contribution in [0.5, 0.6) is 17.2 Å². The van der Waals surface area contributed by atoms with Crippen molar-refractivity contribution in [2.75, 3.05) is 21.3 Å². The lowest BCUT2D eigenvalue weighted by Gasteiger charge is -2.08. The highest BCUT2D eigenvalue weighted by Crippen LogP contribution is 2.31. The van der Waals surface area contributed by atoms with E-state index in [0.717, 1.165) is 0 Å². The first-order chi connectivity index (χ1) is 8.19. The van der Waals surface area contributed by atoms with Crippen molar-refractivity contribution in [1.82, 2.24) is 0 Å². The lowest BCUT2D eigenvalue weighted by atomic mass is 10.2. The molecule has 1 aromatic heterocycles. The molecule has 5 nitrogen and oxygen atoms in total. The van der Waals surface area contributed by atoms with E-state index in [-0.39, 0.29) is 5.75 Å². The Balaban J connectivity index is 2.80. The maximum absolute atomic E-state index is 11.5. The van der Waals surface area contributed by atoms with E-state index in [9.17, 15) is 4.79 Å². The van der Waals surface area contributed by atoms with E-state index in [1.165, 1.54) is 21.3 Å². The summed E-state index contributed by atoms with van der Waals surface area (Å²) in [5.74, 6) is 1.25. The van der Waals surface area contributed by atoms with E-state index in [1.54, 1.807) is 18.2 Å². The van der Waals surface area contributed by atoms with Gasteiger partial charge in [0.15, 0.2) is 0 Å². The number of fused-ring (bicyclic) bond motifs is 1. The molecule has 0 fully saturated rings. The lowest BCUT2D eigenvalue weighted by Crippen LogP contribution is -2.03. The van der Waals surface area contributed by atoms with Crippen molar-refractivity contribution >= 4 is 11.0 Å². The molecule has 0 radical (unpaired) electrons. The molecule has 1 heterocycles. The van der Waals surface area contributed by atoms with Crippen LogP contribution >= 0.6 is 0 Å². The number of ether oxygens (including phenoxy) is 3. The van der Waals surface area contributed by atoms with E-state index in [4.69, 9.17) is 18.6 Å². The van der Waals surface area contributed by atoms with Gasteiger partial charge in [-0.2, -0.15) is 0 Å². The number of rotatable bonds is 3. The molecule has 5 heteroatoms. The van der Waals surface area contributed by atoms with Gasteiger partial charge in [-0.3, -0.25) is 0 Å². The molecule has 0 atom stereocenters. The van der Waals surface area contributed by atoms with Gasteiger partial charge in [0, 0.05) is 18.2 Å². The van der Waals surface area contributed by atoms with Crippen LogP contribution < -0.4 is 19.8 Å². The lowest BCUT2D eigenvalue weighted by molar-refractivity contribution is 0.380. The summed E-state index contributed by atoms with van der Waals surface area (Å²) in [4.78, 5) is 11.5. The zero-order chi connectivity index (χ0) is 12.4. The fraction of sp³-hybridized carbons (Fsp3) is 0.250. The van der Waals surface area contributed by atoms with Crippen molar-refractivity contribution in [2.45, 2.75) is 0 Å². The molecule has 2 rings (SSSR count). The second-order valence-corrected chi connectivity index (χ2v) is 3.34. The van der Waals surface area contributed by atoms with Gasteiger partial charge in [-0.15, -0.1) is 0 Å². The van der Waals surface area contributed by atoms with Crippen molar-refractivity contribution < 1.29 is 18.6 Å². The predicted molar refractivity (Wildman–Crippen MR) is 62.1 cm³/mol. The third-order valence-corrected chi connectivity index (χ3v) is 2.43. The summed E-state index contributed by atoms with van der Waals surface area (Å²) in [7, 11) is 4.47. The van der Waals surface area contributed by atoms with Gasteiger partial charge in [0.25, 0.3) is 0 Å². The Kier molecular flexibility index (Phi) is 2.91. The first kappa shape index (κ1) is 11.3. The molecule has 0 aliphatic heterocycles. The highest BCUT2D eigenvalue weighted by molar-refractivity contribution is 5.86. The number of benzene rings is 1. The molecule has 0 unspecified atom stereocenters. The van der Waals surface area contributed by atoms with Crippen molar-refractivity contribution in [3.63, 3.8) is 0 Å². The first-order valence-corrected chi connectivity index (χ1v) is 4.93. The van der Waals surface area contributed by atoms with E-state index in [1.807, 2.05) is 0 Å². The second-order valence-electron chi connectivity index (χ2n) is 3.34. The molecule has 0 amide bonds. The second kappa shape index (κ2) is 4.37. The van der Waals surface area contributed by atoms with Crippen LogP contribution in [0.4, 0.5) is 0 Å². The first-order valence-electron chi connectivity index (χ1n) is 4.93. The Hall–Kier alpha value is -2.17. The van der Waals surface area contributed by atoms with E-state index in [0.29, 0.717) is 22.5 Å². The molecule has 0 saturated heterocycles. The maximum Gasteiger partial charge on any atom is 0.379 e. The summed E-state index contributed by atoms with van der Waals surface area (Å²) in [5, 5.41) is 0.657. The quantitative estimate of drug-likeness (QED) is 0.761. The van der Waals surface area contributed by atoms with Crippen molar-refractivity contribution in [3.8, 4) is 17.2 Å². The highest BCUT2D eigenvalue weighted by atomic mass is 16.5. The third-order valence-electron chi connectivity index (χ3n) is 2.43. The van der Waals surface area contributed by atoms with Crippen LogP contribution in [0.25, 0.3) is 11.0 Å². The van der Waals surface area contributed by atoms with Crippen LogP contribution in [0.1, 0.15) is 0 Å². The molecular formula is C12H12O5. The fourth-order valence-corrected chi connectivity index (χ4v) is 1.57. The molecular weight excluding hydrogens is 224 g/mol. The highest BCUT2D eigenvalue weighted by Gasteiger charge is 2.11. The van der Waals surface area contributed by atoms with Crippen LogP contribution in [0.2, 0.25) is 0 Å². The van der Waals surface area contributed by atoms with Crippen molar-refractivity contribution in [1.29, 1.82) is 0 Å². The topological polar surface area (TPSA) is 57.9 Å². The van der Waals surface area contributed by atoms with Gasteiger partial charge in [0.05, 0.1) is 26.7 Å². The smallest absolute Gasteiger partial charge is 0.379 e. The van der Waals surface area contributed by atoms with E-state index in [2.05, 4.69) is 0 Å². The minimum absolute atomic E-state index is 0.140. The summed E-state index contributed by atoms with van der Waals surface area (Å²) in [6.45, 7) is 0. The minimum Gasteiger partial charge on any atom is -0.496 e. The van der Waals surface area contributed by atoms with Gasteiger partial charge in [-0.1, -0.05) is 0 Å². The van der Waals surface area contributed by atoms with Gasteiger partial charge >= 0.3 is 5.63 Å². The summed E-state index contributed by atoms with van der Waals surface area (Å²) in [5.41, 5.74) is -0.137. The van der Waals surface area contributed by atoms with Gasteiger partial charge in [-0.25, -0.2) is 4.79 Å². The molecule has 0 spiro atoms. The van der Waals surface area contributed by atoms with E-state index < -0.39 is 5.63 Å². The molecule has 0 aliphatic rings. The zero-order valence-corrected chi connectivity index (χ0v) is 9.77.